The Hall–Kier alpha value is -0.190. The van der Waals surface area contributed by atoms with Crippen LogP contribution in [0, 0.1) is 5.92 Å². The third-order valence-electron chi connectivity index (χ3n) is 2.07. The molecule has 2 nitrogen and oxygen atoms in total. The highest BCUT2D eigenvalue weighted by Gasteiger charge is 2.22. The molecule has 1 aromatic rings. The van der Waals surface area contributed by atoms with Crippen LogP contribution in [-0.4, -0.2) is 18.9 Å². The van der Waals surface area contributed by atoms with Crippen LogP contribution in [0.2, 0.25) is 0 Å². The van der Waals surface area contributed by atoms with Crippen molar-refractivity contribution in [2.24, 2.45) is 5.92 Å². The first-order valence-corrected chi connectivity index (χ1v) is 6.19. The van der Waals surface area contributed by atoms with E-state index in [1.807, 2.05) is 32.3 Å². The minimum Gasteiger partial charge on any atom is -0.310 e. The van der Waals surface area contributed by atoms with Crippen molar-refractivity contribution in [3.63, 3.8) is 0 Å². The smallest absolute Gasteiger partial charge is 0.189 e. The average molecular weight is 276 g/mol. The number of carbonyl (C=O) groups is 1. The Morgan fingerprint density at radius 3 is 2.57 bits per heavy atom. The zero-order chi connectivity index (χ0) is 10.7. The second kappa shape index (κ2) is 5.05. The normalized spacial score (nSPS) is 13.2. The van der Waals surface area contributed by atoms with Gasteiger partial charge >= 0.3 is 0 Å². The molecule has 0 spiro atoms. The van der Waals surface area contributed by atoms with Gasteiger partial charge in [-0.3, -0.25) is 4.79 Å². The fourth-order valence-electron chi connectivity index (χ4n) is 1.36. The highest BCUT2D eigenvalue weighted by Crippen LogP contribution is 2.22. The lowest BCUT2D eigenvalue weighted by Gasteiger charge is -2.17. The van der Waals surface area contributed by atoms with Crippen LogP contribution in [0.1, 0.15) is 23.5 Å². The maximum Gasteiger partial charge on any atom is 0.189 e. The van der Waals surface area contributed by atoms with Crippen LogP contribution >= 0.6 is 27.3 Å². The molecule has 0 aliphatic carbocycles. The molecule has 0 aromatic carbocycles. The summed E-state index contributed by atoms with van der Waals surface area (Å²) in [5, 5.41) is 4.98. The number of Topliss-reactive ketones (excluding diaryl/α,β-unsaturated/α-hetero) is 1. The second-order valence-electron chi connectivity index (χ2n) is 3.50. The van der Waals surface area contributed by atoms with E-state index in [2.05, 4.69) is 21.2 Å². The molecule has 0 saturated carbocycles. The van der Waals surface area contributed by atoms with Gasteiger partial charge in [-0.05, 0) is 35.0 Å². The number of thiophene rings is 1. The van der Waals surface area contributed by atoms with Gasteiger partial charge in [-0.25, -0.2) is 0 Å². The summed E-state index contributed by atoms with van der Waals surface area (Å²) in [6, 6.07) is 1.79. The molecule has 1 N–H and O–H groups in total. The van der Waals surface area contributed by atoms with Gasteiger partial charge in [0.1, 0.15) is 0 Å². The van der Waals surface area contributed by atoms with Crippen LogP contribution < -0.4 is 5.32 Å². The Balaban J connectivity index is 2.83. The third kappa shape index (κ3) is 2.65. The predicted molar refractivity (Wildman–Crippen MR) is 64.0 cm³/mol. The lowest BCUT2D eigenvalue weighted by Crippen LogP contribution is -2.38. The van der Waals surface area contributed by atoms with Crippen molar-refractivity contribution >= 4 is 33.0 Å². The van der Waals surface area contributed by atoms with Crippen LogP contribution in [0.4, 0.5) is 0 Å². The van der Waals surface area contributed by atoms with Crippen molar-refractivity contribution in [1.29, 1.82) is 0 Å². The Bertz CT molecular complexity index is 322. The molecule has 1 heterocycles. The predicted octanol–water partition coefficient (Wildman–Crippen LogP) is 2.94. The van der Waals surface area contributed by atoms with E-state index in [1.54, 1.807) is 0 Å². The quantitative estimate of drug-likeness (QED) is 0.857. The van der Waals surface area contributed by atoms with E-state index in [9.17, 15) is 4.79 Å². The van der Waals surface area contributed by atoms with Gasteiger partial charge in [0, 0.05) is 9.85 Å². The standard InChI is InChI=1S/C10H14BrNOS/c1-6(2)9(12-3)10(13)8-4-7(11)5-14-8/h4-6,9,12H,1-3H3. The number of hydrogen-bond donors (Lipinski definition) is 1. The molecule has 0 saturated heterocycles. The first-order valence-electron chi connectivity index (χ1n) is 4.51. The molecular weight excluding hydrogens is 262 g/mol. The summed E-state index contributed by atoms with van der Waals surface area (Å²) in [5.41, 5.74) is 0. The minimum absolute atomic E-state index is 0.0828. The van der Waals surface area contributed by atoms with Crippen LogP contribution in [0.3, 0.4) is 0 Å². The summed E-state index contributed by atoms with van der Waals surface area (Å²) in [4.78, 5) is 12.8. The summed E-state index contributed by atoms with van der Waals surface area (Å²) in [6.07, 6.45) is 0. The molecule has 14 heavy (non-hydrogen) atoms. The molecular formula is C10H14BrNOS. The Morgan fingerprint density at radius 1 is 1.57 bits per heavy atom. The lowest BCUT2D eigenvalue weighted by molar-refractivity contribution is 0.0926. The van der Waals surface area contributed by atoms with Gasteiger partial charge in [0.15, 0.2) is 5.78 Å². The van der Waals surface area contributed by atoms with Gasteiger partial charge < -0.3 is 5.32 Å². The Kier molecular flexibility index (Phi) is 4.29. The minimum atomic E-state index is -0.0828. The van der Waals surface area contributed by atoms with Crippen molar-refractivity contribution in [3.05, 3.63) is 20.8 Å². The zero-order valence-electron chi connectivity index (χ0n) is 8.50. The molecule has 0 aliphatic heterocycles. The van der Waals surface area contributed by atoms with E-state index in [4.69, 9.17) is 0 Å². The fourth-order valence-corrected chi connectivity index (χ4v) is 2.77. The van der Waals surface area contributed by atoms with E-state index in [-0.39, 0.29) is 11.8 Å². The molecule has 0 aliphatic rings. The van der Waals surface area contributed by atoms with Crippen LogP contribution in [0.25, 0.3) is 0 Å². The lowest BCUT2D eigenvalue weighted by atomic mass is 9.99. The number of halogens is 1. The Morgan fingerprint density at radius 2 is 2.21 bits per heavy atom. The topological polar surface area (TPSA) is 29.1 Å². The molecule has 1 aromatic heterocycles. The highest BCUT2D eigenvalue weighted by atomic mass is 79.9. The van der Waals surface area contributed by atoms with Crippen LogP contribution in [0.15, 0.2) is 15.9 Å². The van der Waals surface area contributed by atoms with E-state index >= 15 is 0 Å². The molecule has 0 bridgehead atoms. The van der Waals surface area contributed by atoms with Gasteiger partial charge in [0.05, 0.1) is 10.9 Å². The van der Waals surface area contributed by atoms with Crippen molar-refractivity contribution in [3.8, 4) is 0 Å². The number of hydrogen-bond acceptors (Lipinski definition) is 3. The molecule has 0 amide bonds. The van der Waals surface area contributed by atoms with Gasteiger partial charge in [-0.2, -0.15) is 0 Å². The molecule has 1 atom stereocenters. The van der Waals surface area contributed by atoms with Gasteiger partial charge in [0.25, 0.3) is 0 Å². The monoisotopic (exact) mass is 275 g/mol. The summed E-state index contributed by atoms with van der Waals surface area (Å²) in [7, 11) is 1.82. The van der Waals surface area contributed by atoms with Crippen molar-refractivity contribution in [1.82, 2.24) is 5.32 Å². The zero-order valence-corrected chi connectivity index (χ0v) is 10.9. The summed E-state index contributed by atoms with van der Waals surface area (Å²) in [5.74, 6) is 0.492. The van der Waals surface area contributed by atoms with Crippen molar-refractivity contribution < 1.29 is 4.79 Å². The molecule has 78 valence electrons. The largest absolute Gasteiger partial charge is 0.310 e. The first-order chi connectivity index (χ1) is 6.56. The van der Waals surface area contributed by atoms with Crippen LogP contribution in [-0.2, 0) is 0 Å². The Labute approximate surface area is 96.8 Å². The number of likely N-dealkylation sites (N-methyl/N-ethyl adjacent to an activating group) is 1. The summed E-state index contributed by atoms with van der Waals surface area (Å²) < 4.78 is 0.976. The maximum atomic E-state index is 12.0. The van der Waals surface area contributed by atoms with Gasteiger partial charge in [-0.15, -0.1) is 11.3 Å². The fraction of sp³-hybridized carbons (Fsp3) is 0.500. The van der Waals surface area contributed by atoms with E-state index < -0.39 is 0 Å². The molecule has 0 fully saturated rings. The summed E-state index contributed by atoms with van der Waals surface area (Å²) >= 11 is 4.83. The number of ketones is 1. The number of rotatable bonds is 4. The average Bonchev–Trinajstić information content (AvgIpc) is 2.52. The van der Waals surface area contributed by atoms with E-state index in [0.717, 1.165) is 9.35 Å². The summed E-state index contributed by atoms with van der Waals surface area (Å²) in [6.45, 7) is 4.09. The maximum absolute atomic E-state index is 12.0. The highest BCUT2D eigenvalue weighted by molar-refractivity contribution is 9.10. The molecule has 1 unspecified atom stereocenters. The first kappa shape index (κ1) is 11.9. The van der Waals surface area contributed by atoms with Gasteiger partial charge in [0.2, 0.25) is 0 Å². The molecule has 1 rings (SSSR count). The van der Waals surface area contributed by atoms with E-state index in [1.165, 1.54) is 11.3 Å². The second-order valence-corrected chi connectivity index (χ2v) is 5.33. The van der Waals surface area contributed by atoms with E-state index in [0.29, 0.717) is 5.92 Å². The third-order valence-corrected chi connectivity index (χ3v) is 3.78. The number of nitrogens with one attached hydrogen (secondary N) is 1. The van der Waals surface area contributed by atoms with Crippen molar-refractivity contribution in [2.75, 3.05) is 7.05 Å². The molecule has 0 radical (unpaired) electrons. The SMILES string of the molecule is CNC(C(=O)c1cc(Br)cs1)C(C)C. The molecule has 4 heteroatoms. The van der Waals surface area contributed by atoms with Crippen LogP contribution in [0.5, 0.6) is 0 Å². The van der Waals surface area contributed by atoms with Gasteiger partial charge in [-0.1, -0.05) is 13.8 Å². The number of carbonyl (C=O) groups excluding carboxylic acids is 1. The van der Waals surface area contributed by atoms with Crippen molar-refractivity contribution in [2.45, 2.75) is 19.9 Å².